The van der Waals surface area contributed by atoms with Crippen LogP contribution in [0, 0.1) is 11.3 Å². The average molecular weight is 309 g/mol. The average Bonchev–Trinajstić information content (AvgIpc) is 2.90. The standard InChI is InChI=1S/C14H19N3O3S/c1-3-20-13(19)5-8-17(2)7-4-12(18)16-14-11(10-15)6-9-21-14/h6,9H,3-5,7-8H2,1-2H3,(H,16,18). The van der Waals surface area contributed by atoms with Crippen molar-refractivity contribution in [2.45, 2.75) is 19.8 Å². The van der Waals surface area contributed by atoms with Gasteiger partial charge < -0.3 is 15.0 Å². The number of esters is 1. The molecule has 0 saturated carbocycles. The summed E-state index contributed by atoms with van der Waals surface area (Å²) in [7, 11) is 1.85. The van der Waals surface area contributed by atoms with Gasteiger partial charge in [0.1, 0.15) is 11.1 Å². The third-order valence-corrected chi connectivity index (χ3v) is 3.59. The van der Waals surface area contributed by atoms with E-state index in [9.17, 15) is 9.59 Å². The van der Waals surface area contributed by atoms with E-state index in [-0.39, 0.29) is 11.9 Å². The number of amides is 1. The number of carbonyl (C=O) groups excluding carboxylic acids is 2. The Hall–Kier alpha value is -1.91. The fraction of sp³-hybridized carbons (Fsp3) is 0.500. The van der Waals surface area contributed by atoms with E-state index in [0.29, 0.717) is 43.1 Å². The highest BCUT2D eigenvalue weighted by atomic mass is 32.1. The van der Waals surface area contributed by atoms with Gasteiger partial charge in [-0.1, -0.05) is 0 Å². The quantitative estimate of drug-likeness (QED) is 0.741. The van der Waals surface area contributed by atoms with Crippen molar-refractivity contribution in [3.8, 4) is 6.07 Å². The van der Waals surface area contributed by atoms with Gasteiger partial charge in [0.25, 0.3) is 0 Å². The number of hydrogen-bond donors (Lipinski definition) is 1. The largest absolute Gasteiger partial charge is 0.466 e. The third kappa shape index (κ3) is 6.38. The van der Waals surface area contributed by atoms with E-state index < -0.39 is 0 Å². The predicted octanol–water partition coefficient (Wildman–Crippen LogP) is 1.83. The van der Waals surface area contributed by atoms with Crippen molar-refractivity contribution in [3.05, 3.63) is 17.0 Å². The first-order valence-corrected chi connectivity index (χ1v) is 7.56. The monoisotopic (exact) mass is 309 g/mol. The number of nitrogens with one attached hydrogen (secondary N) is 1. The lowest BCUT2D eigenvalue weighted by Crippen LogP contribution is -2.26. The van der Waals surface area contributed by atoms with Crippen LogP contribution in [0.4, 0.5) is 5.00 Å². The second-order valence-corrected chi connectivity index (χ2v) is 5.35. The molecule has 1 aromatic rings. The lowest BCUT2D eigenvalue weighted by molar-refractivity contribution is -0.143. The summed E-state index contributed by atoms with van der Waals surface area (Å²) in [6.45, 7) is 3.24. The summed E-state index contributed by atoms with van der Waals surface area (Å²) < 4.78 is 4.84. The summed E-state index contributed by atoms with van der Waals surface area (Å²) in [6.07, 6.45) is 0.623. The number of nitrogens with zero attached hydrogens (tertiary/aromatic N) is 2. The number of rotatable bonds is 8. The van der Waals surface area contributed by atoms with Crippen LogP contribution in [0.15, 0.2) is 11.4 Å². The molecule has 1 aromatic heterocycles. The highest BCUT2D eigenvalue weighted by Gasteiger charge is 2.10. The second kappa shape index (κ2) is 9.10. The Bertz CT molecular complexity index is 522. The van der Waals surface area contributed by atoms with Crippen LogP contribution in [0.2, 0.25) is 0 Å². The minimum Gasteiger partial charge on any atom is -0.466 e. The first-order chi connectivity index (χ1) is 10.1. The van der Waals surface area contributed by atoms with Gasteiger partial charge in [-0.15, -0.1) is 11.3 Å². The highest BCUT2D eigenvalue weighted by molar-refractivity contribution is 7.14. The number of thiophene rings is 1. The van der Waals surface area contributed by atoms with E-state index in [1.54, 1.807) is 18.4 Å². The zero-order valence-electron chi connectivity index (χ0n) is 12.2. The maximum Gasteiger partial charge on any atom is 0.307 e. The molecule has 1 heterocycles. The maximum atomic E-state index is 11.8. The minimum absolute atomic E-state index is 0.142. The summed E-state index contributed by atoms with van der Waals surface area (Å²) in [5, 5.41) is 13.9. The van der Waals surface area contributed by atoms with Crippen molar-refractivity contribution in [3.63, 3.8) is 0 Å². The Morgan fingerprint density at radius 3 is 2.81 bits per heavy atom. The third-order valence-electron chi connectivity index (χ3n) is 2.76. The Morgan fingerprint density at radius 1 is 1.43 bits per heavy atom. The van der Waals surface area contributed by atoms with Crippen molar-refractivity contribution in [1.82, 2.24) is 4.90 Å². The molecule has 0 spiro atoms. The molecule has 0 fully saturated rings. The van der Waals surface area contributed by atoms with Crippen LogP contribution in [0.3, 0.4) is 0 Å². The fourth-order valence-electron chi connectivity index (χ4n) is 1.60. The molecule has 0 aliphatic rings. The van der Waals surface area contributed by atoms with Crippen molar-refractivity contribution in [2.75, 3.05) is 32.1 Å². The van der Waals surface area contributed by atoms with Gasteiger partial charge in [0, 0.05) is 19.5 Å². The van der Waals surface area contributed by atoms with Gasteiger partial charge in [-0.05, 0) is 25.4 Å². The van der Waals surface area contributed by atoms with E-state index >= 15 is 0 Å². The number of anilines is 1. The zero-order valence-corrected chi connectivity index (χ0v) is 13.0. The molecule has 0 aromatic carbocycles. The van der Waals surface area contributed by atoms with E-state index in [1.165, 1.54) is 11.3 Å². The topological polar surface area (TPSA) is 82.4 Å². The van der Waals surface area contributed by atoms with Crippen LogP contribution in [-0.2, 0) is 14.3 Å². The SMILES string of the molecule is CCOC(=O)CCN(C)CCC(=O)Nc1sccc1C#N. The summed E-state index contributed by atoms with van der Waals surface area (Å²) in [4.78, 5) is 24.9. The first kappa shape index (κ1) is 17.1. The molecule has 0 atom stereocenters. The Labute approximate surface area is 128 Å². The van der Waals surface area contributed by atoms with Gasteiger partial charge in [-0.25, -0.2) is 0 Å². The summed E-state index contributed by atoms with van der Waals surface area (Å²) >= 11 is 1.33. The zero-order chi connectivity index (χ0) is 15.7. The lowest BCUT2D eigenvalue weighted by atomic mass is 10.3. The van der Waals surface area contributed by atoms with Crippen LogP contribution in [0.1, 0.15) is 25.3 Å². The van der Waals surface area contributed by atoms with Gasteiger partial charge in [0.05, 0.1) is 18.6 Å². The Morgan fingerprint density at radius 2 is 2.14 bits per heavy atom. The minimum atomic E-state index is -0.231. The fourth-order valence-corrected chi connectivity index (χ4v) is 2.36. The molecular formula is C14H19N3O3S. The van der Waals surface area contributed by atoms with Crippen molar-refractivity contribution in [1.29, 1.82) is 5.26 Å². The number of nitriles is 1. The van der Waals surface area contributed by atoms with Crippen molar-refractivity contribution >= 4 is 28.2 Å². The van der Waals surface area contributed by atoms with Crippen LogP contribution in [-0.4, -0.2) is 43.5 Å². The molecule has 0 saturated heterocycles. The van der Waals surface area contributed by atoms with Crippen molar-refractivity contribution in [2.24, 2.45) is 0 Å². The number of carbonyl (C=O) groups is 2. The second-order valence-electron chi connectivity index (χ2n) is 4.43. The molecule has 1 N–H and O–H groups in total. The van der Waals surface area contributed by atoms with Crippen LogP contribution < -0.4 is 5.32 Å². The van der Waals surface area contributed by atoms with Crippen LogP contribution >= 0.6 is 11.3 Å². The summed E-state index contributed by atoms with van der Waals surface area (Å²) in [5.41, 5.74) is 0.476. The molecule has 114 valence electrons. The van der Waals surface area contributed by atoms with E-state index in [2.05, 4.69) is 5.32 Å². The van der Waals surface area contributed by atoms with Crippen molar-refractivity contribution < 1.29 is 14.3 Å². The Kier molecular flexibility index (Phi) is 7.43. The lowest BCUT2D eigenvalue weighted by Gasteiger charge is -2.15. The molecule has 0 aliphatic heterocycles. The highest BCUT2D eigenvalue weighted by Crippen LogP contribution is 2.22. The summed E-state index contributed by atoms with van der Waals surface area (Å²) in [6, 6.07) is 3.70. The maximum absolute atomic E-state index is 11.8. The molecule has 0 radical (unpaired) electrons. The van der Waals surface area contributed by atoms with E-state index in [1.807, 2.05) is 18.0 Å². The van der Waals surface area contributed by atoms with Crippen LogP contribution in [0.5, 0.6) is 0 Å². The number of ether oxygens (including phenoxy) is 1. The molecule has 1 amide bonds. The molecule has 6 nitrogen and oxygen atoms in total. The Balaban J connectivity index is 2.27. The molecule has 0 aliphatic carbocycles. The normalized spacial score (nSPS) is 10.2. The van der Waals surface area contributed by atoms with Crippen LogP contribution in [0.25, 0.3) is 0 Å². The molecular weight excluding hydrogens is 290 g/mol. The van der Waals surface area contributed by atoms with Gasteiger partial charge >= 0.3 is 5.97 Å². The van der Waals surface area contributed by atoms with E-state index in [0.717, 1.165) is 0 Å². The molecule has 0 bridgehead atoms. The molecule has 7 heteroatoms. The molecule has 0 unspecified atom stereocenters. The number of hydrogen-bond acceptors (Lipinski definition) is 6. The summed E-state index contributed by atoms with van der Waals surface area (Å²) in [5.74, 6) is -0.372. The van der Waals surface area contributed by atoms with E-state index in [4.69, 9.17) is 10.00 Å². The smallest absolute Gasteiger partial charge is 0.307 e. The predicted molar refractivity (Wildman–Crippen MR) is 81.0 cm³/mol. The molecule has 21 heavy (non-hydrogen) atoms. The molecule has 1 rings (SSSR count). The van der Waals surface area contributed by atoms with Gasteiger partial charge in [-0.3, -0.25) is 9.59 Å². The first-order valence-electron chi connectivity index (χ1n) is 6.68. The van der Waals surface area contributed by atoms with Gasteiger partial charge in [0.15, 0.2) is 0 Å². The van der Waals surface area contributed by atoms with Gasteiger partial charge in [0.2, 0.25) is 5.91 Å². The van der Waals surface area contributed by atoms with Gasteiger partial charge in [-0.2, -0.15) is 5.26 Å².